The average Bonchev–Trinajstić information content (AvgIpc) is 2.35. The summed E-state index contributed by atoms with van der Waals surface area (Å²) >= 11 is 5.94. The van der Waals surface area contributed by atoms with E-state index in [0.29, 0.717) is 23.4 Å². The number of rotatable bonds is 7. The number of halogens is 1. The average molecular weight is 258 g/mol. The lowest BCUT2D eigenvalue weighted by atomic mass is 10.2. The highest BCUT2D eigenvalue weighted by molar-refractivity contribution is 6.32. The molecule has 0 aromatic heterocycles. The number of hydrogen-bond acceptors (Lipinski definition) is 3. The van der Waals surface area contributed by atoms with Gasteiger partial charge in [0.2, 0.25) is 0 Å². The number of para-hydroxylation sites is 1. The number of aliphatic hydroxyl groups is 1. The zero-order chi connectivity index (χ0) is 12.7. The molecule has 0 aliphatic carbocycles. The summed E-state index contributed by atoms with van der Waals surface area (Å²) < 4.78 is 5.44. The maximum atomic E-state index is 9.72. The highest BCUT2D eigenvalue weighted by Gasteiger charge is 2.08. The summed E-state index contributed by atoms with van der Waals surface area (Å²) in [5.41, 5.74) is 0. The number of hydrogen-bond donors (Lipinski definition) is 2. The van der Waals surface area contributed by atoms with Crippen LogP contribution < -0.4 is 10.1 Å². The highest BCUT2D eigenvalue weighted by atomic mass is 35.5. The highest BCUT2D eigenvalue weighted by Crippen LogP contribution is 2.22. The van der Waals surface area contributed by atoms with Crippen molar-refractivity contribution in [3.63, 3.8) is 0 Å². The monoisotopic (exact) mass is 257 g/mol. The van der Waals surface area contributed by atoms with Crippen molar-refractivity contribution in [1.29, 1.82) is 0 Å². The van der Waals surface area contributed by atoms with Crippen molar-refractivity contribution in [3.05, 3.63) is 29.3 Å². The van der Waals surface area contributed by atoms with Gasteiger partial charge in [0.15, 0.2) is 0 Å². The van der Waals surface area contributed by atoms with E-state index in [1.54, 1.807) is 12.1 Å². The van der Waals surface area contributed by atoms with E-state index in [1.165, 1.54) is 0 Å². The topological polar surface area (TPSA) is 41.5 Å². The fraction of sp³-hybridized carbons (Fsp3) is 0.538. The third-order valence-electron chi connectivity index (χ3n) is 2.58. The molecule has 96 valence electrons. The molecule has 0 heterocycles. The molecule has 0 fully saturated rings. The molecule has 0 saturated carbocycles. The Morgan fingerprint density at radius 3 is 2.76 bits per heavy atom. The molecule has 1 rings (SSSR count). The number of benzene rings is 1. The molecule has 0 bridgehead atoms. The van der Waals surface area contributed by atoms with Crippen LogP contribution in [0.4, 0.5) is 0 Å². The van der Waals surface area contributed by atoms with Crippen molar-refractivity contribution < 1.29 is 9.84 Å². The molecule has 4 heteroatoms. The predicted octanol–water partition coefficient (Wildman–Crippen LogP) is 2.47. The zero-order valence-electron chi connectivity index (χ0n) is 10.3. The quantitative estimate of drug-likeness (QED) is 0.789. The van der Waals surface area contributed by atoms with Crippen molar-refractivity contribution in [1.82, 2.24) is 5.32 Å². The Labute approximate surface area is 108 Å². The van der Waals surface area contributed by atoms with Crippen molar-refractivity contribution >= 4 is 11.6 Å². The van der Waals surface area contributed by atoms with Crippen LogP contribution in [0.2, 0.25) is 5.02 Å². The smallest absolute Gasteiger partial charge is 0.138 e. The van der Waals surface area contributed by atoms with E-state index in [2.05, 4.69) is 19.2 Å². The van der Waals surface area contributed by atoms with E-state index in [0.717, 1.165) is 6.42 Å². The first-order valence-electron chi connectivity index (χ1n) is 5.92. The van der Waals surface area contributed by atoms with Gasteiger partial charge in [0.1, 0.15) is 18.5 Å². The van der Waals surface area contributed by atoms with Crippen LogP contribution in [0.1, 0.15) is 20.3 Å². The Bertz CT molecular complexity index is 333. The molecular formula is C13H20ClNO2. The summed E-state index contributed by atoms with van der Waals surface area (Å²) in [6.07, 6.45) is 0.512. The van der Waals surface area contributed by atoms with Crippen LogP contribution >= 0.6 is 11.6 Å². The molecule has 2 atom stereocenters. The van der Waals surface area contributed by atoms with Crippen molar-refractivity contribution in [3.8, 4) is 5.75 Å². The first-order chi connectivity index (χ1) is 8.13. The second kappa shape index (κ2) is 7.54. The van der Waals surface area contributed by atoms with E-state index in [4.69, 9.17) is 16.3 Å². The molecule has 0 unspecified atom stereocenters. The Hall–Kier alpha value is -0.770. The minimum atomic E-state index is -0.528. The molecular weight excluding hydrogens is 238 g/mol. The Morgan fingerprint density at radius 1 is 1.41 bits per heavy atom. The van der Waals surface area contributed by atoms with Gasteiger partial charge in [-0.25, -0.2) is 0 Å². The Balaban J connectivity index is 2.28. The van der Waals surface area contributed by atoms with E-state index >= 15 is 0 Å². The van der Waals surface area contributed by atoms with E-state index < -0.39 is 6.10 Å². The molecule has 17 heavy (non-hydrogen) atoms. The van der Waals surface area contributed by atoms with Gasteiger partial charge < -0.3 is 15.2 Å². The zero-order valence-corrected chi connectivity index (χ0v) is 11.1. The van der Waals surface area contributed by atoms with Gasteiger partial charge in [-0.1, -0.05) is 30.7 Å². The molecule has 1 aromatic rings. The van der Waals surface area contributed by atoms with Gasteiger partial charge in [-0.05, 0) is 25.5 Å². The molecule has 0 saturated heterocycles. The Kier molecular flexibility index (Phi) is 6.34. The van der Waals surface area contributed by atoms with Crippen molar-refractivity contribution in [2.45, 2.75) is 32.4 Å². The molecule has 0 aliphatic rings. The van der Waals surface area contributed by atoms with Crippen molar-refractivity contribution in [2.75, 3.05) is 13.2 Å². The maximum Gasteiger partial charge on any atom is 0.138 e. The van der Waals surface area contributed by atoms with Gasteiger partial charge >= 0.3 is 0 Å². The first kappa shape index (κ1) is 14.3. The number of nitrogens with one attached hydrogen (secondary N) is 1. The fourth-order valence-corrected chi connectivity index (χ4v) is 1.48. The minimum Gasteiger partial charge on any atom is -0.489 e. The largest absolute Gasteiger partial charge is 0.489 e. The predicted molar refractivity (Wildman–Crippen MR) is 70.7 cm³/mol. The number of ether oxygens (including phenoxy) is 1. The third-order valence-corrected chi connectivity index (χ3v) is 2.89. The van der Waals surface area contributed by atoms with E-state index in [-0.39, 0.29) is 6.61 Å². The lowest BCUT2D eigenvalue weighted by Gasteiger charge is -2.16. The minimum absolute atomic E-state index is 0.243. The van der Waals surface area contributed by atoms with Crippen LogP contribution in [0.3, 0.4) is 0 Å². The van der Waals surface area contributed by atoms with Crippen LogP contribution in [0.25, 0.3) is 0 Å². The van der Waals surface area contributed by atoms with Crippen LogP contribution in [-0.2, 0) is 0 Å². The summed E-state index contributed by atoms with van der Waals surface area (Å²) in [6.45, 7) is 4.96. The number of aliphatic hydroxyl groups excluding tert-OH is 1. The van der Waals surface area contributed by atoms with Gasteiger partial charge in [0.05, 0.1) is 5.02 Å². The standard InChI is InChI=1S/C13H20ClNO2/c1-3-10(2)15-8-11(16)9-17-13-7-5-4-6-12(13)14/h4-7,10-11,15-16H,3,8-9H2,1-2H3/t10-,11+/m0/s1. The van der Waals surface area contributed by atoms with Crippen LogP contribution in [0.5, 0.6) is 5.75 Å². The maximum absolute atomic E-state index is 9.72. The van der Waals surface area contributed by atoms with Gasteiger partial charge in [-0.3, -0.25) is 0 Å². The van der Waals surface area contributed by atoms with Crippen LogP contribution in [0, 0.1) is 0 Å². The first-order valence-corrected chi connectivity index (χ1v) is 6.30. The van der Waals surface area contributed by atoms with Gasteiger partial charge in [-0.2, -0.15) is 0 Å². The molecule has 0 aliphatic heterocycles. The molecule has 0 radical (unpaired) electrons. The lowest BCUT2D eigenvalue weighted by Crippen LogP contribution is -2.36. The normalized spacial score (nSPS) is 14.4. The van der Waals surface area contributed by atoms with E-state index in [9.17, 15) is 5.11 Å². The molecule has 2 N–H and O–H groups in total. The van der Waals surface area contributed by atoms with E-state index in [1.807, 2.05) is 12.1 Å². The fourth-order valence-electron chi connectivity index (χ4n) is 1.29. The van der Waals surface area contributed by atoms with Crippen LogP contribution in [0.15, 0.2) is 24.3 Å². The summed E-state index contributed by atoms with van der Waals surface area (Å²) in [5, 5.41) is 13.5. The van der Waals surface area contributed by atoms with Crippen molar-refractivity contribution in [2.24, 2.45) is 0 Å². The second-order valence-electron chi connectivity index (χ2n) is 4.11. The van der Waals surface area contributed by atoms with Gasteiger partial charge in [0, 0.05) is 12.6 Å². The lowest BCUT2D eigenvalue weighted by molar-refractivity contribution is 0.104. The van der Waals surface area contributed by atoms with Gasteiger partial charge in [-0.15, -0.1) is 0 Å². The summed E-state index contributed by atoms with van der Waals surface area (Å²) in [6, 6.07) is 7.66. The summed E-state index contributed by atoms with van der Waals surface area (Å²) in [4.78, 5) is 0. The molecule has 1 aromatic carbocycles. The summed E-state index contributed by atoms with van der Waals surface area (Å²) in [7, 11) is 0. The molecule has 0 amide bonds. The third kappa shape index (κ3) is 5.39. The molecule has 0 spiro atoms. The summed E-state index contributed by atoms with van der Waals surface area (Å²) in [5.74, 6) is 0.608. The second-order valence-corrected chi connectivity index (χ2v) is 4.52. The van der Waals surface area contributed by atoms with Crippen LogP contribution in [-0.4, -0.2) is 30.4 Å². The van der Waals surface area contributed by atoms with Gasteiger partial charge in [0.25, 0.3) is 0 Å². The SMILES string of the molecule is CC[C@H](C)NC[C@@H](O)COc1ccccc1Cl. The Morgan fingerprint density at radius 2 is 2.12 bits per heavy atom. The molecule has 3 nitrogen and oxygen atoms in total.